The van der Waals surface area contributed by atoms with E-state index in [0.29, 0.717) is 27.9 Å². The van der Waals surface area contributed by atoms with Gasteiger partial charge in [0.25, 0.3) is 5.56 Å². The molecule has 0 saturated carbocycles. The standard InChI is InChI=1S/C23H19FN6O3/c1-13-3-6-16(7-4-13)27-19(31)10-30-18-8-5-15(24)9-17(18)21-22(30)23(32)29(12-25-21)11-20-26-14(2)28-33-20/h3-9,12H,10-11H2,1-2H3,(H,27,31). The lowest BCUT2D eigenvalue weighted by Gasteiger charge is -2.09. The number of hydrogen-bond donors (Lipinski definition) is 1. The minimum Gasteiger partial charge on any atom is -0.337 e. The smallest absolute Gasteiger partial charge is 0.278 e. The van der Waals surface area contributed by atoms with E-state index in [9.17, 15) is 14.0 Å². The van der Waals surface area contributed by atoms with Crippen molar-refractivity contribution in [2.75, 3.05) is 5.32 Å². The summed E-state index contributed by atoms with van der Waals surface area (Å²) in [7, 11) is 0. The van der Waals surface area contributed by atoms with Crippen LogP contribution >= 0.6 is 0 Å². The molecule has 2 aromatic carbocycles. The zero-order chi connectivity index (χ0) is 23.1. The molecule has 0 aliphatic carbocycles. The third-order valence-electron chi connectivity index (χ3n) is 5.30. The lowest BCUT2D eigenvalue weighted by molar-refractivity contribution is -0.116. The number of nitrogens with one attached hydrogen (secondary N) is 1. The largest absolute Gasteiger partial charge is 0.337 e. The SMILES string of the molecule is Cc1ccc(NC(=O)Cn2c3ccc(F)cc3c3ncn(Cc4nc(C)no4)c(=O)c32)cc1. The van der Waals surface area contributed by atoms with Gasteiger partial charge in [0.15, 0.2) is 5.82 Å². The maximum atomic E-state index is 14.0. The van der Waals surface area contributed by atoms with E-state index in [1.54, 1.807) is 23.6 Å². The summed E-state index contributed by atoms with van der Waals surface area (Å²) in [6, 6.07) is 11.5. The Morgan fingerprint density at radius 3 is 2.67 bits per heavy atom. The fourth-order valence-electron chi connectivity index (χ4n) is 3.78. The van der Waals surface area contributed by atoms with Crippen LogP contribution in [0.5, 0.6) is 0 Å². The van der Waals surface area contributed by atoms with Crippen LogP contribution in [-0.4, -0.2) is 30.2 Å². The molecule has 33 heavy (non-hydrogen) atoms. The van der Waals surface area contributed by atoms with Crippen LogP contribution < -0.4 is 10.9 Å². The van der Waals surface area contributed by atoms with Crippen molar-refractivity contribution in [1.29, 1.82) is 0 Å². The predicted octanol–water partition coefficient (Wildman–Crippen LogP) is 3.18. The number of fused-ring (bicyclic) bond motifs is 3. The fourth-order valence-corrected chi connectivity index (χ4v) is 3.78. The lowest BCUT2D eigenvalue weighted by Crippen LogP contribution is -2.25. The molecule has 9 nitrogen and oxygen atoms in total. The zero-order valence-electron chi connectivity index (χ0n) is 17.9. The second kappa shape index (κ2) is 7.97. The van der Waals surface area contributed by atoms with Crippen LogP contribution in [-0.2, 0) is 17.9 Å². The van der Waals surface area contributed by atoms with E-state index in [4.69, 9.17) is 4.52 Å². The van der Waals surface area contributed by atoms with E-state index in [-0.39, 0.29) is 30.4 Å². The number of halogens is 1. The van der Waals surface area contributed by atoms with Gasteiger partial charge in [0.2, 0.25) is 11.8 Å². The third-order valence-corrected chi connectivity index (χ3v) is 5.30. The summed E-state index contributed by atoms with van der Waals surface area (Å²) in [5, 5.41) is 7.01. The molecule has 0 unspecified atom stereocenters. The molecule has 0 atom stereocenters. The first-order valence-corrected chi connectivity index (χ1v) is 10.2. The van der Waals surface area contributed by atoms with Crippen molar-refractivity contribution in [3.8, 4) is 0 Å². The van der Waals surface area contributed by atoms with Crippen LogP contribution in [0.25, 0.3) is 21.9 Å². The highest BCUT2D eigenvalue weighted by molar-refractivity contribution is 6.06. The van der Waals surface area contributed by atoms with Gasteiger partial charge in [-0.1, -0.05) is 22.9 Å². The molecule has 0 aliphatic rings. The van der Waals surface area contributed by atoms with E-state index in [1.165, 1.54) is 29.1 Å². The molecule has 0 radical (unpaired) electrons. The second-order valence-corrected chi connectivity index (χ2v) is 7.77. The van der Waals surface area contributed by atoms with Crippen LogP contribution in [0.2, 0.25) is 0 Å². The number of rotatable bonds is 5. The van der Waals surface area contributed by atoms with Gasteiger partial charge < -0.3 is 14.4 Å². The van der Waals surface area contributed by atoms with Gasteiger partial charge in [-0.25, -0.2) is 9.37 Å². The van der Waals surface area contributed by atoms with Crippen LogP contribution in [0.1, 0.15) is 17.3 Å². The minimum absolute atomic E-state index is 0.0219. The Bertz CT molecular complexity index is 1570. The Morgan fingerprint density at radius 1 is 1.15 bits per heavy atom. The number of nitrogens with zero attached hydrogens (tertiary/aromatic N) is 5. The predicted molar refractivity (Wildman–Crippen MR) is 119 cm³/mol. The zero-order valence-corrected chi connectivity index (χ0v) is 17.9. The summed E-state index contributed by atoms with van der Waals surface area (Å²) in [6.07, 6.45) is 1.35. The van der Waals surface area contributed by atoms with Crippen molar-refractivity contribution in [2.45, 2.75) is 26.9 Å². The van der Waals surface area contributed by atoms with Crippen LogP contribution in [0.15, 0.2) is 58.1 Å². The van der Waals surface area contributed by atoms with E-state index >= 15 is 0 Å². The fraction of sp³-hybridized carbons (Fsp3) is 0.174. The molecular weight excluding hydrogens is 427 g/mol. The molecule has 0 spiro atoms. The molecular formula is C23H19FN6O3. The molecule has 1 amide bonds. The van der Waals surface area contributed by atoms with E-state index < -0.39 is 11.4 Å². The Balaban J connectivity index is 1.60. The Hall–Kier alpha value is -4.34. The Labute approximate surface area is 186 Å². The number of benzene rings is 2. The summed E-state index contributed by atoms with van der Waals surface area (Å²) < 4.78 is 22.0. The van der Waals surface area contributed by atoms with Gasteiger partial charge in [0, 0.05) is 11.1 Å². The summed E-state index contributed by atoms with van der Waals surface area (Å²) >= 11 is 0. The Kier molecular flexibility index (Phi) is 4.97. The highest BCUT2D eigenvalue weighted by Gasteiger charge is 2.20. The quantitative estimate of drug-likeness (QED) is 0.444. The van der Waals surface area contributed by atoms with E-state index in [0.717, 1.165) is 5.56 Å². The van der Waals surface area contributed by atoms with Crippen molar-refractivity contribution in [2.24, 2.45) is 0 Å². The van der Waals surface area contributed by atoms with Crippen molar-refractivity contribution in [3.05, 3.63) is 82.2 Å². The van der Waals surface area contributed by atoms with Gasteiger partial charge in [-0.3, -0.25) is 14.2 Å². The molecule has 3 heterocycles. The number of hydrogen-bond acceptors (Lipinski definition) is 6. The van der Waals surface area contributed by atoms with E-state index in [2.05, 4.69) is 20.4 Å². The normalized spacial score (nSPS) is 11.4. The number of carbonyl (C=O) groups is 1. The van der Waals surface area contributed by atoms with Gasteiger partial charge in [-0.2, -0.15) is 4.98 Å². The first-order valence-electron chi connectivity index (χ1n) is 10.2. The summed E-state index contributed by atoms with van der Waals surface area (Å²) in [4.78, 5) is 34.7. The number of anilines is 1. The highest BCUT2D eigenvalue weighted by Crippen LogP contribution is 2.26. The van der Waals surface area contributed by atoms with Gasteiger partial charge in [-0.15, -0.1) is 0 Å². The summed E-state index contributed by atoms with van der Waals surface area (Å²) in [5.74, 6) is -0.0895. The van der Waals surface area contributed by atoms with Gasteiger partial charge in [0.05, 0.1) is 11.8 Å². The van der Waals surface area contributed by atoms with Crippen LogP contribution in [0, 0.1) is 19.7 Å². The van der Waals surface area contributed by atoms with Crippen molar-refractivity contribution < 1.29 is 13.7 Å². The maximum absolute atomic E-state index is 14.0. The van der Waals surface area contributed by atoms with Gasteiger partial charge in [-0.05, 0) is 44.2 Å². The molecule has 3 aromatic heterocycles. The third kappa shape index (κ3) is 3.86. The topological polar surface area (TPSA) is 108 Å². The molecule has 10 heteroatoms. The van der Waals surface area contributed by atoms with E-state index in [1.807, 2.05) is 19.1 Å². The highest BCUT2D eigenvalue weighted by atomic mass is 19.1. The average molecular weight is 446 g/mol. The molecule has 5 rings (SSSR count). The van der Waals surface area contributed by atoms with Gasteiger partial charge in [0.1, 0.15) is 29.9 Å². The molecule has 0 bridgehead atoms. The van der Waals surface area contributed by atoms with Crippen molar-refractivity contribution in [1.82, 2.24) is 24.3 Å². The first-order chi connectivity index (χ1) is 15.9. The molecule has 166 valence electrons. The number of aryl methyl sites for hydroxylation is 2. The maximum Gasteiger partial charge on any atom is 0.278 e. The van der Waals surface area contributed by atoms with Crippen LogP contribution in [0.4, 0.5) is 10.1 Å². The summed E-state index contributed by atoms with van der Waals surface area (Å²) in [5.41, 5.74) is 2.33. The Morgan fingerprint density at radius 2 is 1.94 bits per heavy atom. The van der Waals surface area contributed by atoms with Gasteiger partial charge >= 0.3 is 0 Å². The van der Waals surface area contributed by atoms with Crippen LogP contribution in [0.3, 0.4) is 0 Å². The monoisotopic (exact) mass is 446 g/mol. The molecule has 0 saturated heterocycles. The number of amides is 1. The minimum atomic E-state index is -0.460. The first kappa shape index (κ1) is 20.6. The number of carbonyl (C=O) groups excluding carboxylic acids is 1. The molecule has 5 aromatic rings. The lowest BCUT2D eigenvalue weighted by atomic mass is 10.2. The number of aromatic nitrogens is 5. The molecule has 0 aliphatic heterocycles. The summed E-state index contributed by atoms with van der Waals surface area (Å²) in [6.45, 7) is 3.50. The van der Waals surface area contributed by atoms with Crippen molar-refractivity contribution >= 4 is 33.5 Å². The average Bonchev–Trinajstić information content (AvgIpc) is 3.33. The molecule has 0 fully saturated rings. The second-order valence-electron chi connectivity index (χ2n) is 7.77. The van der Waals surface area contributed by atoms with Crippen molar-refractivity contribution in [3.63, 3.8) is 0 Å². The molecule has 1 N–H and O–H groups in total.